The zero-order valence-electron chi connectivity index (χ0n) is 6.84. The van der Waals surface area contributed by atoms with Gasteiger partial charge in [0.1, 0.15) is 0 Å². The Morgan fingerprint density at radius 1 is 1.38 bits per heavy atom. The second kappa shape index (κ2) is 4.94. The van der Waals surface area contributed by atoms with Gasteiger partial charge in [0.25, 0.3) is 0 Å². The van der Waals surface area contributed by atoms with Gasteiger partial charge in [0.2, 0.25) is 0 Å². The van der Waals surface area contributed by atoms with Crippen molar-refractivity contribution in [2.75, 3.05) is 0 Å². The third-order valence-corrected chi connectivity index (χ3v) is 1.59. The maximum atomic E-state index is 12.9. The van der Waals surface area contributed by atoms with E-state index in [-0.39, 0.29) is 18.0 Å². The molecule has 0 saturated heterocycles. The number of nitrogens with two attached hydrogens (primary N) is 1. The summed E-state index contributed by atoms with van der Waals surface area (Å²) in [5.74, 6) is -1.78. The normalized spacial score (nSPS) is 11.6. The van der Waals surface area contributed by atoms with E-state index in [0.29, 0.717) is 0 Å². The SMILES string of the molecule is C=C[C@@H](N)c1cccc(F)c1F.Cl. The van der Waals surface area contributed by atoms with Crippen LogP contribution in [-0.4, -0.2) is 0 Å². The third-order valence-electron chi connectivity index (χ3n) is 1.59. The van der Waals surface area contributed by atoms with E-state index in [0.717, 1.165) is 6.07 Å². The number of hydrogen-bond acceptors (Lipinski definition) is 1. The van der Waals surface area contributed by atoms with Crippen molar-refractivity contribution in [1.82, 2.24) is 0 Å². The first-order valence-electron chi connectivity index (χ1n) is 3.49. The fourth-order valence-electron chi connectivity index (χ4n) is 0.905. The number of rotatable bonds is 2. The highest BCUT2D eigenvalue weighted by Gasteiger charge is 2.11. The van der Waals surface area contributed by atoms with E-state index in [9.17, 15) is 8.78 Å². The molecule has 2 N–H and O–H groups in total. The third kappa shape index (κ3) is 2.50. The molecule has 0 spiro atoms. The van der Waals surface area contributed by atoms with Crippen molar-refractivity contribution < 1.29 is 8.78 Å². The molecule has 0 aromatic heterocycles. The van der Waals surface area contributed by atoms with Crippen LogP contribution in [0.5, 0.6) is 0 Å². The second-order valence-electron chi connectivity index (χ2n) is 2.40. The van der Waals surface area contributed by atoms with Crippen LogP contribution in [0.3, 0.4) is 0 Å². The summed E-state index contributed by atoms with van der Waals surface area (Å²) in [4.78, 5) is 0. The molecule has 0 saturated carbocycles. The van der Waals surface area contributed by atoms with E-state index in [2.05, 4.69) is 6.58 Å². The highest BCUT2D eigenvalue weighted by molar-refractivity contribution is 5.85. The Morgan fingerprint density at radius 3 is 2.54 bits per heavy atom. The molecule has 1 nitrogen and oxygen atoms in total. The zero-order valence-corrected chi connectivity index (χ0v) is 7.65. The molecule has 0 aliphatic carbocycles. The van der Waals surface area contributed by atoms with Gasteiger partial charge in [0.05, 0.1) is 6.04 Å². The Hall–Kier alpha value is -0.930. The van der Waals surface area contributed by atoms with Crippen LogP contribution in [-0.2, 0) is 0 Å². The summed E-state index contributed by atoms with van der Waals surface area (Å²) in [5.41, 5.74) is 5.57. The van der Waals surface area contributed by atoms with Crippen LogP contribution in [0.2, 0.25) is 0 Å². The van der Waals surface area contributed by atoms with Crippen molar-refractivity contribution in [3.8, 4) is 0 Å². The van der Waals surface area contributed by atoms with Crippen LogP contribution in [0.4, 0.5) is 8.78 Å². The average Bonchev–Trinajstić information content (AvgIpc) is 2.08. The molecule has 0 aliphatic rings. The summed E-state index contributed by atoms with van der Waals surface area (Å²) < 4.78 is 25.5. The van der Waals surface area contributed by atoms with Gasteiger partial charge in [-0.05, 0) is 6.07 Å². The van der Waals surface area contributed by atoms with Crippen molar-refractivity contribution in [3.63, 3.8) is 0 Å². The molecule has 0 aliphatic heterocycles. The summed E-state index contributed by atoms with van der Waals surface area (Å²) in [6, 6.07) is 3.25. The van der Waals surface area contributed by atoms with Gasteiger partial charge in [0.15, 0.2) is 11.6 Å². The van der Waals surface area contributed by atoms with Crippen molar-refractivity contribution in [2.24, 2.45) is 5.73 Å². The summed E-state index contributed by atoms with van der Waals surface area (Å²) in [7, 11) is 0. The minimum Gasteiger partial charge on any atom is -0.321 e. The van der Waals surface area contributed by atoms with Crippen LogP contribution in [0.15, 0.2) is 30.9 Å². The fourth-order valence-corrected chi connectivity index (χ4v) is 0.905. The van der Waals surface area contributed by atoms with Gasteiger partial charge in [0, 0.05) is 5.56 Å². The quantitative estimate of drug-likeness (QED) is 0.738. The van der Waals surface area contributed by atoms with Crippen LogP contribution >= 0.6 is 12.4 Å². The monoisotopic (exact) mass is 205 g/mol. The standard InChI is InChI=1S/C9H9F2N.ClH/c1-2-8(12)6-4-3-5-7(10)9(6)11;/h2-5,8H,1,12H2;1H/t8-;/m1./s1. The zero-order chi connectivity index (χ0) is 9.14. The minimum atomic E-state index is -0.898. The van der Waals surface area contributed by atoms with Crippen molar-refractivity contribution in [3.05, 3.63) is 48.1 Å². The highest BCUT2D eigenvalue weighted by atomic mass is 35.5. The van der Waals surface area contributed by atoms with Gasteiger partial charge in [-0.15, -0.1) is 19.0 Å². The molecule has 0 unspecified atom stereocenters. The van der Waals surface area contributed by atoms with Gasteiger partial charge < -0.3 is 5.73 Å². The average molecular weight is 206 g/mol. The molecule has 1 aromatic rings. The van der Waals surface area contributed by atoms with Gasteiger partial charge in [-0.1, -0.05) is 18.2 Å². The van der Waals surface area contributed by atoms with Crippen molar-refractivity contribution in [1.29, 1.82) is 0 Å². The predicted molar refractivity (Wildman–Crippen MR) is 50.7 cm³/mol. The first-order chi connectivity index (χ1) is 5.66. The smallest absolute Gasteiger partial charge is 0.163 e. The lowest BCUT2D eigenvalue weighted by Gasteiger charge is -2.07. The summed E-state index contributed by atoms with van der Waals surface area (Å²) in [5, 5.41) is 0. The van der Waals surface area contributed by atoms with Crippen LogP contribution < -0.4 is 5.73 Å². The maximum Gasteiger partial charge on any atom is 0.163 e. The van der Waals surface area contributed by atoms with Crippen molar-refractivity contribution in [2.45, 2.75) is 6.04 Å². The molecular formula is C9H10ClF2N. The summed E-state index contributed by atoms with van der Waals surface area (Å²) >= 11 is 0. The number of benzene rings is 1. The second-order valence-corrected chi connectivity index (χ2v) is 2.40. The molecule has 0 fully saturated rings. The lowest BCUT2D eigenvalue weighted by molar-refractivity contribution is 0.495. The molecule has 1 atom stereocenters. The number of hydrogen-bond donors (Lipinski definition) is 1. The minimum absolute atomic E-state index is 0. The van der Waals surface area contributed by atoms with E-state index < -0.39 is 17.7 Å². The molecule has 1 aromatic carbocycles. The predicted octanol–water partition coefficient (Wildman–Crippen LogP) is 2.57. The molecule has 4 heteroatoms. The Kier molecular flexibility index (Phi) is 4.59. The topological polar surface area (TPSA) is 26.0 Å². The van der Waals surface area contributed by atoms with E-state index in [1.165, 1.54) is 18.2 Å². The Morgan fingerprint density at radius 2 is 2.00 bits per heavy atom. The van der Waals surface area contributed by atoms with E-state index in [1.54, 1.807) is 0 Å². The molecule has 0 heterocycles. The highest BCUT2D eigenvalue weighted by Crippen LogP contribution is 2.17. The van der Waals surface area contributed by atoms with E-state index in [1.807, 2.05) is 0 Å². The largest absolute Gasteiger partial charge is 0.321 e. The van der Waals surface area contributed by atoms with E-state index >= 15 is 0 Å². The first kappa shape index (κ1) is 12.1. The van der Waals surface area contributed by atoms with Gasteiger partial charge in [-0.2, -0.15) is 0 Å². The number of halogens is 3. The Balaban J connectivity index is 0.00000144. The fraction of sp³-hybridized carbons (Fsp3) is 0.111. The van der Waals surface area contributed by atoms with E-state index in [4.69, 9.17) is 5.73 Å². The van der Waals surface area contributed by atoms with Gasteiger partial charge in [-0.25, -0.2) is 8.78 Å². The summed E-state index contributed by atoms with van der Waals surface area (Å²) in [6.07, 6.45) is 1.36. The molecule has 0 radical (unpaired) electrons. The molecule has 1 rings (SSSR count). The molecule has 0 bridgehead atoms. The van der Waals surface area contributed by atoms with Crippen molar-refractivity contribution >= 4 is 12.4 Å². The lowest BCUT2D eigenvalue weighted by atomic mass is 10.1. The molecule has 0 amide bonds. The van der Waals surface area contributed by atoms with Gasteiger partial charge >= 0.3 is 0 Å². The van der Waals surface area contributed by atoms with Gasteiger partial charge in [-0.3, -0.25) is 0 Å². The van der Waals surface area contributed by atoms with Crippen LogP contribution in [0.25, 0.3) is 0 Å². The maximum absolute atomic E-state index is 12.9. The molecular weight excluding hydrogens is 196 g/mol. The lowest BCUT2D eigenvalue weighted by Crippen LogP contribution is -2.09. The molecule has 72 valence electrons. The molecule has 13 heavy (non-hydrogen) atoms. The van der Waals surface area contributed by atoms with Crippen LogP contribution in [0.1, 0.15) is 11.6 Å². The van der Waals surface area contributed by atoms with Crippen LogP contribution in [0, 0.1) is 11.6 Å². The summed E-state index contributed by atoms with van der Waals surface area (Å²) in [6.45, 7) is 3.39. The Labute approximate surface area is 81.7 Å². The first-order valence-corrected chi connectivity index (χ1v) is 3.49. The Bertz CT molecular complexity index is 302.